The van der Waals surface area contributed by atoms with Crippen LogP contribution in [0.3, 0.4) is 0 Å². The van der Waals surface area contributed by atoms with Crippen LogP contribution in [-0.4, -0.2) is 30.0 Å². The highest BCUT2D eigenvalue weighted by Crippen LogP contribution is 2.09. The van der Waals surface area contributed by atoms with Crippen LogP contribution in [0.5, 0.6) is 0 Å². The van der Waals surface area contributed by atoms with Gasteiger partial charge in [-0.3, -0.25) is 4.79 Å². The second-order valence-electron chi connectivity index (χ2n) is 4.28. The van der Waals surface area contributed by atoms with Gasteiger partial charge in [0, 0.05) is 6.61 Å². The van der Waals surface area contributed by atoms with Crippen LogP contribution in [0.15, 0.2) is 0 Å². The molecule has 0 fully saturated rings. The van der Waals surface area contributed by atoms with Gasteiger partial charge in [0.25, 0.3) is 0 Å². The van der Waals surface area contributed by atoms with Gasteiger partial charge in [-0.15, -0.1) is 0 Å². The van der Waals surface area contributed by atoms with Gasteiger partial charge < -0.3 is 9.84 Å². The Bertz CT molecular complexity index is 174. The van der Waals surface area contributed by atoms with Crippen molar-refractivity contribution in [2.75, 3.05) is 19.0 Å². The van der Waals surface area contributed by atoms with E-state index in [0.717, 1.165) is 25.7 Å². The van der Waals surface area contributed by atoms with Crippen molar-refractivity contribution in [1.82, 2.24) is 0 Å². The third-order valence-corrected chi connectivity index (χ3v) is 2.95. The minimum Gasteiger partial charge on any atom is -0.465 e. The van der Waals surface area contributed by atoms with Gasteiger partial charge in [-0.05, 0) is 12.8 Å². The van der Waals surface area contributed by atoms with Crippen molar-refractivity contribution in [3.8, 4) is 0 Å². The number of ether oxygens (including phenoxy) is 1. The van der Waals surface area contributed by atoms with Crippen molar-refractivity contribution in [2.45, 2.75) is 57.8 Å². The van der Waals surface area contributed by atoms with Gasteiger partial charge in [0.2, 0.25) is 0 Å². The summed E-state index contributed by atoms with van der Waals surface area (Å²) in [4.78, 5) is 10.8. The Morgan fingerprint density at radius 1 is 0.882 bits per heavy atom. The summed E-state index contributed by atoms with van der Waals surface area (Å²) in [5.41, 5.74) is 0. The Morgan fingerprint density at radius 2 is 1.35 bits per heavy atom. The van der Waals surface area contributed by atoms with Crippen LogP contribution in [0, 0.1) is 0 Å². The molecule has 0 rings (SSSR count). The summed E-state index contributed by atoms with van der Waals surface area (Å²) in [7, 11) is 0. The molecule has 0 spiro atoms. The van der Waals surface area contributed by atoms with E-state index in [1.165, 1.54) is 32.1 Å². The lowest BCUT2D eigenvalue weighted by Crippen LogP contribution is -2.06. The molecule has 0 radical (unpaired) electrons. The maximum atomic E-state index is 10.8. The first-order chi connectivity index (χ1) is 8.31. The third-order valence-electron chi connectivity index (χ3n) is 2.69. The largest absolute Gasteiger partial charge is 0.465 e. The maximum Gasteiger partial charge on any atom is 0.315 e. The molecule has 0 aliphatic rings. The van der Waals surface area contributed by atoms with Gasteiger partial charge in [-0.25, -0.2) is 0 Å². The van der Waals surface area contributed by atoms with E-state index in [1.54, 1.807) is 0 Å². The highest BCUT2D eigenvalue weighted by atomic mass is 32.1. The smallest absolute Gasteiger partial charge is 0.315 e. The molecule has 0 atom stereocenters. The van der Waals surface area contributed by atoms with E-state index in [2.05, 4.69) is 12.6 Å². The number of hydrogen-bond donors (Lipinski definition) is 2. The summed E-state index contributed by atoms with van der Waals surface area (Å²) in [6, 6.07) is 0. The molecule has 1 N–H and O–H groups in total. The quantitative estimate of drug-likeness (QED) is 0.323. The van der Waals surface area contributed by atoms with Gasteiger partial charge >= 0.3 is 5.97 Å². The van der Waals surface area contributed by atoms with Crippen molar-refractivity contribution in [3.63, 3.8) is 0 Å². The SMILES string of the molecule is O=C(CS)OCCCCCCCCCCCO. The predicted octanol–water partition coefficient (Wildman–Crippen LogP) is 2.96. The maximum absolute atomic E-state index is 10.8. The molecule has 102 valence electrons. The van der Waals surface area contributed by atoms with E-state index in [4.69, 9.17) is 9.84 Å². The second-order valence-corrected chi connectivity index (χ2v) is 4.60. The Balaban J connectivity index is 2.96. The number of carbonyl (C=O) groups excluding carboxylic acids is 1. The van der Waals surface area contributed by atoms with Crippen molar-refractivity contribution in [2.24, 2.45) is 0 Å². The summed E-state index contributed by atoms with van der Waals surface area (Å²) in [5, 5.41) is 8.61. The van der Waals surface area contributed by atoms with E-state index in [9.17, 15) is 4.79 Å². The average molecular weight is 262 g/mol. The molecule has 0 saturated carbocycles. The predicted molar refractivity (Wildman–Crippen MR) is 73.5 cm³/mol. The van der Waals surface area contributed by atoms with Crippen LogP contribution in [0.1, 0.15) is 57.8 Å². The van der Waals surface area contributed by atoms with E-state index in [0.29, 0.717) is 13.2 Å². The lowest BCUT2D eigenvalue weighted by molar-refractivity contribution is -0.140. The molecule has 0 aromatic rings. The topological polar surface area (TPSA) is 46.5 Å². The molecule has 0 bridgehead atoms. The molecule has 0 aromatic heterocycles. The average Bonchev–Trinajstić information content (AvgIpc) is 2.35. The minimum atomic E-state index is -0.225. The molecule has 0 aliphatic carbocycles. The monoisotopic (exact) mass is 262 g/mol. The number of esters is 1. The van der Waals surface area contributed by atoms with Crippen molar-refractivity contribution >= 4 is 18.6 Å². The number of thiol groups is 1. The minimum absolute atomic E-state index is 0.174. The number of aliphatic hydroxyl groups is 1. The summed E-state index contributed by atoms with van der Waals surface area (Å²) >= 11 is 3.83. The molecule has 0 saturated heterocycles. The fourth-order valence-electron chi connectivity index (χ4n) is 1.68. The van der Waals surface area contributed by atoms with Crippen LogP contribution >= 0.6 is 12.6 Å². The summed E-state index contributed by atoms with van der Waals surface area (Å²) in [6.07, 6.45) is 10.5. The Morgan fingerprint density at radius 3 is 1.82 bits per heavy atom. The van der Waals surface area contributed by atoms with Crippen molar-refractivity contribution in [3.05, 3.63) is 0 Å². The van der Waals surface area contributed by atoms with Crippen LogP contribution < -0.4 is 0 Å². The highest BCUT2D eigenvalue weighted by molar-refractivity contribution is 7.81. The number of rotatable bonds is 12. The van der Waals surface area contributed by atoms with Gasteiger partial charge in [0.05, 0.1) is 12.4 Å². The van der Waals surface area contributed by atoms with Crippen molar-refractivity contribution in [1.29, 1.82) is 0 Å². The summed E-state index contributed by atoms with van der Waals surface area (Å²) in [6.45, 7) is 0.862. The Hall–Kier alpha value is -0.220. The highest BCUT2D eigenvalue weighted by Gasteiger charge is 1.97. The van der Waals surface area contributed by atoms with E-state index < -0.39 is 0 Å². The van der Waals surface area contributed by atoms with Crippen LogP contribution in [-0.2, 0) is 9.53 Å². The number of aliphatic hydroxyl groups excluding tert-OH is 1. The molecular formula is C13H26O3S. The van der Waals surface area contributed by atoms with Crippen LogP contribution in [0.2, 0.25) is 0 Å². The van der Waals surface area contributed by atoms with E-state index in [1.807, 2.05) is 0 Å². The number of carbonyl (C=O) groups is 1. The molecule has 0 amide bonds. The molecular weight excluding hydrogens is 236 g/mol. The Labute approximate surface area is 110 Å². The van der Waals surface area contributed by atoms with Crippen LogP contribution in [0.25, 0.3) is 0 Å². The molecule has 0 aliphatic heterocycles. The molecule has 0 heterocycles. The fourth-order valence-corrected chi connectivity index (χ4v) is 1.77. The van der Waals surface area contributed by atoms with E-state index >= 15 is 0 Å². The lowest BCUT2D eigenvalue weighted by Gasteiger charge is -2.03. The standard InChI is InChI=1S/C13H26O3S/c14-10-8-6-4-2-1-3-5-7-9-11-16-13(15)12-17/h14,17H,1-12H2. The third kappa shape index (κ3) is 13.7. The van der Waals surface area contributed by atoms with E-state index in [-0.39, 0.29) is 11.7 Å². The van der Waals surface area contributed by atoms with Gasteiger partial charge in [0.15, 0.2) is 0 Å². The molecule has 0 unspecified atom stereocenters. The first kappa shape index (κ1) is 16.8. The van der Waals surface area contributed by atoms with Gasteiger partial charge in [-0.1, -0.05) is 44.9 Å². The number of unbranched alkanes of at least 4 members (excludes halogenated alkanes) is 8. The zero-order valence-corrected chi connectivity index (χ0v) is 11.6. The molecule has 0 aromatic carbocycles. The molecule has 3 nitrogen and oxygen atoms in total. The summed E-state index contributed by atoms with van der Waals surface area (Å²) in [5.74, 6) is -0.0504. The zero-order chi connectivity index (χ0) is 12.8. The fraction of sp³-hybridized carbons (Fsp3) is 0.923. The Kier molecular flexibility index (Phi) is 13.7. The van der Waals surface area contributed by atoms with Gasteiger partial charge in [0.1, 0.15) is 0 Å². The van der Waals surface area contributed by atoms with Gasteiger partial charge in [-0.2, -0.15) is 12.6 Å². The van der Waals surface area contributed by atoms with Crippen LogP contribution in [0.4, 0.5) is 0 Å². The zero-order valence-electron chi connectivity index (χ0n) is 10.7. The number of hydrogen-bond acceptors (Lipinski definition) is 4. The first-order valence-corrected chi connectivity index (χ1v) is 7.32. The molecule has 4 heteroatoms. The first-order valence-electron chi connectivity index (χ1n) is 6.68. The molecule has 17 heavy (non-hydrogen) atoms. The normalized spacial score (nSPS) is 10.5. The second kappa shape index (κ2) is 13.8. The lowest BCUT2D eigenvalue weighted by atomic mass is 10.1. The summed E-state index contributed by atoms with van der Waals surface area (Å²) < 4.78 is 4.92. The van der Waals surface area contributed by atoms with Crippen molar-refractivity contribution < 1.29 is 14.6 Å².